The van der Waals surface area contributed by atoms with Gasteiger partial charge in [-0.3, -0.25) is 0 Å². The summed E-state index contributed by atoms with van der Waals surface area (Å²) < 4.78 is 2.10. The van der Waals surface area contributed by atoms with Gasteiger partial charge in [-0.25, -0.2) is 0 Å². The molecule has 0 amide bonds. The van der Waals surface area contributed by atoms with Crippen molar-refractivity contribution < 1.29 is 0 Å². The average molecular weight is 963 g/mol. The Balaban J connectivity index is 0.948. The summed E-state index contributed by atoms with van der Waals surface area (Å²) in [6, 6.07) is 82.7. The van der Waals surface area contributed by atoms with E-state index < -0.39 is 0 Å². The molecule has 2 heterocycles. The van der Waals surface area contributed by atoms with E-state index in [0.717, 1.165) is 54.2 Å². The monoisotopic (exact) mass is 960 g/mol. The first-order valence-corrected chi connectivity index (χ1v) is 23.6. The molecule has 0 N–H and O–H groups in total. The third-order valence-electron chi connectivity index (χ3n) is 10.9. The highest BCUT2D eigenvalue weighted by Gasteiger charge is 2.17. The highest BCUT2D eigenvalue weighted by molar-refractivity contribution is 9.10. The Morgan fingerprint density at radius 1 is 0.242 bits per heavy atom. The minimum atomic E-state index is 1.05. The smallest absolute Gasteiger partial charge is 0.0468 e. The van der Waals surface area contributed by atoms with Gasteiger partial charge in [-0.1, -0.05) is 141 Å². The van der Waals surface area contributed by atoms with Crippen LogP contribution in [0.3, 0.4) is 0 Å². The van der Waals surface area contributed by atoms with Crippen molar-refractivity contribution in [1.29, 1.82) is 0 Å². The van der Waals surface area contributed by atoms with Crippen molar-refractivity contribution in [3.8, 4) is 52.9 Å². The fraction of sp³-hybridized carbons (Fsp3) is 0. The SMILES string of the molecule is Brc1ccc(N(c2ccc(-c3ccc(N(c4ccc(Br)cc4)c4cccc(-c5ccc(-c6ccccc6)s5)c4)cc3)cc2)c2cccc(-c3ccc(-c4ccccc4)s3)c2)cc1. The van der Waals surface area contributed by atoms with E-state index in [2.05, 4.69) is 272 Å². The molecule has 10 rings (SSSR count). The third kappa shape index (κ3) is 8.61. The molecule has 6 heteroatoms. The molecule has 2 aromatic heterocycles. The zero-order chi connectivity index (χ0) is 41.8. The molecule has 0 bridgehead atoms. The van der Waals surface area contributed by atoms with Gasteiger partial charge in [0.05, 0.1) is 0 Å². The van der Waals surface area contributed by atoms with Crippen LogP contribution in [0, 0.1) is 0 Å². The Labute approximate surface area is 387 Å². The summed E-state index contributed by atoms with van der Waals surface area (Å²) in [5.41, 5.74) is 13.7. The van der Waals surface area contributed by atoms with E-state index in [1.54, 1.807) is 0 Å². The van der Waals surface area contributed by atoms with Crippen molar-refractivity contribution in [2.45, 2.75) is 0 Å². The van der Waals surface area contributed by atoms with Crippen LogP contribution in [0.15, 0.2) is 239 Å². The van der Waals surface area contributed by atoms with Crippen LogP contribution < -0.4 is 9.80 Å². The van der Waals surface area contributed by atoms with Gasteiger partial charge in [0.2, 0.25) is 0 Å². The van der Waals surface area contributed by atoms with Crippen LogP contribution in [0.5, 0.6) is 0 Å². The molecule has 8 aromatic carbocycles. The van der Waals surface area contributed by atoms with Gasteiger partial charge in [0.15, 0.2) is 0 Å². The summed E-state index contributed by atoms with van der Waals surface area (Å²) in [4.78, 5) is 9.68. The molecule has 0 saturated heterocycles. The molecule has 0 aliphatic rings. The lowest BCUT2D eigenvalue weighted by Gasteiger charge is -2.27. The van der Waals surface area contributed by atoms with Gasteiger partial charge < -0.3 is 9.80 Å². The molecule has 62 heavy (non-hydrogen) atoms. The minimum Gasteiger partial charge on any atom is -0.310 e. The third-order valence-corrected chi connectivity index (χ3v) is 14.3. The van der Waals surface area contributed by atoms with Crippen LogP contribution in [-0.2, 0) is 0 Å². The van der Waals surface area contributed by atoms with Gasteiger partial charge in [-0.05, 0) is 155 Å². The molecule has 10 aromatic rings. The summed E-state index contributed by atoms with van der Waals surface area (Å²) in [7, 11) is 0. The number of halogens is 2. The topological polar surface area (TPSA) is 6.48 Å². The molecule has 0 saturated carbocycles. The fourth-order valence-electron chi connectivity index (χ4n) is 7.78. The summed E-state index contributed by atoms with van der Waals surface area (Å²) >= 11 is 10.9. The maximum absolute atomic E-state index is 3.65. The Bertz CT molecular complexity index is 2860. The van der Waals surface area contributed by atoms with Gasteiger partial charge in [-0.2, -0.15) is 0 Å². The standard InChI is InChI=1S/C56H38Br2N2S2/c57-45-21-29-49(30-22-45)59(51-15-7-13-43(37-51)55-35-33-53(61-55)41-9-3-1-4-10-41)47-25-17-39(18-26-47)40-19-27-48(28-20-40)60(50-31-23-46(58)24-32-50)52-16-8-14-44(38-52)56-36-34-54(62-56)42-11-5-2-6-12-42/h1-38H. The Hall–Kier alpha value is -6.28. The van der Waals surface area contributed by atoms with Crippen LogP contribution in [0.2, 0.25) is 0 Å². The number of rotatable bonds is 11. The summed E-state index contributed by atoms with van der Waals surface area (Å²) in [6.07, 6.45) is 0. The Morgan fingerprint density at radius 3 is 0.903 bits per heavy atom. The molecule has 0 unspecified atom stereocenters. The van der Waals surface area contributed by atoms with Gasteiger partial charge in [0, 0.05) is 62.6 Å². The minimum absolute atomic E-state index is 1.05. The zero-order valence-corrected chi connectivity index (χ0v) is 38.2. The van der Waals surface area contributed by atoms with Crippen LogP contribution in [-0.4, -0.2) is 0 Å². The van der Waals surface area contributed by atoms with E-state index in [1.807, 2.05) is 22.7 Å². The van der Waals surface area contributed by atoms with E-state index in [1.165, 1.54) is 41.8 Å². The number of benzene rings is 8. The molecule has 0 aliphatic heterocycles. The largest absolute Gasteiger partial charge is 0.310 e. The number of hydrogen-bond donors (Lipinski definition) is 0. The lowest BCUT2D eigenvalue weighted by Crippen LogP contribution is -2.10. The molecule has 0 atom stereocenters. The van der Waals surface area contributed by atoms with E-state index in [0.29, 0.717) is 0 Å². The van der Waals surface area contributed by atoms with Crippen molar-refractivity contribution in [3.63, 3.8) is 0 Å². The summed E-state index contributed by atoms with van der Waals surface area (Å²) in [5, 5.41) is 0. The van der Waals surface area contributed by atoms with E-state index >= 15 is 0 Å². The van der Waals surface area contributed by atoms with Crippen LogP contribution >= 0.6 is 54.5 Å². The van der Waals surface area contributed by atoms with Crippen LogP contribution in [0.25, 0.3) is 52.9 Å². The van der Waals surface area contributed by atoms with E-state index in [4.69, 9.17) is 0 Å². The molecule has 0 spiro atoms. The predicted molar refractivity (Wildman–Crippen MR) is 274 cm³/mol. The van der Waals surface area contributed by atoms with Gasteiger partial charge >= 0.3 is 0 Å². The van der Waals surface area contributed by atoms with E-state index in [9.17, 15) is 0 Å². The maximum atomic E-state index is 3.65. The lowest BCUT2D eigenvalue weighted by molar-refractivity contribution is 1.28. The number of hydrogen-bond acceptors (Lipinski definition) is 4. The quantitative estimate of drug-likeness (QED) is 0.127. The van der Waals surface area contributed by atoms with Crippen molar-refractivity contribution in [3.05, 3.63) is 239 Å². The van der Waals surface area contributed by atoms with Crippen molar-refractivity contribution in [2.75, 3.05) is 9.80 Å². The molecule has 298 valence electrons. The maximum Gasteiger partial charge on any atom is 0.0468 e. The second kappa shape index (κ2) is 18.0. The first-order chi connectivity index (χ1) is 30.5. The predicted octanol–water partition coefficient (Wildman–Crippen LogP) is 18.6. The Morgan fingerprint density at radius 2 is 0.548 bits per heavy atom. The summed E-state index contributed by atoms with van der Waals surface area (Å²) in [6.45, 7) is 0. The first kappa shape index (κ1) is 39.8. The van der Waals surface area contributed by atoms with E-state index in [-0.39, 0.29) is 0 Å². The van der Waals surface area contributed by atoms with Crippen LogP contribution in [0.1, 0.15) is 0 Å². The zero-order valence-electron chi connectivity index (χ0n) is 33.4. The molecular weight excluding hydrogens is 925 g/mol. The van der Waals surface area contributed by atoms with Crippen molar-refractivity contribution in [1.82, 2.24) is 0 Å². The molecule has 0 radical (unpaired) electrons. The first-order valence-electron chi connectivity index (χ1n) is 20.4. The van der Waals surface area contributed by atoms with Crippen LogP contribution in [0.4, 0.5) is 34.1 Å². The number of anilines is 6. The number of nitrogens with zero attached hydrogens (tertiary/aromatic N) is 2. The molecule has 0 aliphatic carbocycles. The lowest BCUT2D eigenvalue weighted by atomic mass is 10.0. The average Bonchev–Trinajstić information content (AvgIpc) is 4.04. The fourth-order valence-corrected chi connectivity index (χ4v) is 10.3. The molecule has 2 nitrogen and oxygen atoms in total. The summed E-state index contributed by atoms with van der Waals surface area (Å²) in [5.74, 6) is 0. The Kier molecular flexibility index (Phi) is 11.6. The number of thiophene rings is 2. The molecule has 0 fully saturated rings. The van der Waals surface area contributed by atoms with Gasteiger partial charge in [0.1, 0.15) is 0 Å². The second-order valence-corrected chi connectivity index (χ2v) is 18.9. The normalized spacial score (nSPS) is 11.1. The second-order valence-electron chi connectivity index (χ2n) is 14.9. The highest BCUT2D eigenvalue weighted by atomic mass is 79.9. The van der Waals surface area contributed by atoms with Gasteiger partial charge in [0.25, 0.3) is 0 Å². The highest BCUT2D eigenvalue weighted by Crippen LogP contribution is 2.43. The van der Waals surface area contributed by atoms with Crippen molar-refractivity contribution in [2.24, 2.45) is 0 Å². The molecular formula is C56H38Br2N2S2. The van der Waals surface area contributed by atoms with Gasteiger partial charge in [-0.15, -0.1) is 22.7 Å². The van der Waals surface area contributed by atoms with Crippen molar-refractivity contribution >= 4 is 88.7 Å².